The Morgan fingerprint density at radius 2 is 1.97 bits per heavy atom. The van der Waals surface area contributed by atoms with E-state index in [2.05, 4.69) is 21.3 Å². The van der Waals surface area contributed by atoms with Gasteiger partial charge in [-0.3, -0.25) is 9.78 Å². The number of amides is 1. The van der Waals surface area contributed by atoms with Crippen LogP contribution in [0.25, 0.3) is 27.7 Å². The molecule has 6 rings (SSSR count). The molecule has 0 atom stereocenters. The monoisotopic (exact) mass is 451 g/mol. The largest absolute Gasteiger partial charge is 0.384 e. The Kier molecular flexibility index (Phi) is 4.79. The number of hydrogen-bond donors (Lipinski definition) is 1. The summed E-state index contributed by atoms with van der Waals surface area (Å²) in [6.45, 7) is 1.24. The minimum Gasteiger partial charge on any atom is -0.384 e. The number of rotatable bonds is 3. The highest BCUT2D eigenvalue weighted by Crippen LogP contribution is 2.31. The van der Waals surface area contributed by atoms with Crippen molar-refractivity contribution < 1.29 is 9.32 Å². The maximum atomic E-state index is 12.6. The van der Waals surface area contributed by atoms with Crippen molar-refractivity contribution in [3.8, 4) is 11.1 Å². The third kappa shape index (κ3) is 3.30. The molecule has 0 spiro atoms. The van der Waals surface area contributed by atoms with Crippen LogP contribution >= 0.6 is 0 Å². The SMILES string of the molecule is Bc1c(C2CCN(C(=O)c3ccno3)CC2)nc2c(-c3cnc4ccccc4c3)cnn2c1N. The van der Waals surface area contributed by atoms with Gasteiger partial charge in [-0.1, -0.05) is 23.4 Å². The molecule has 1 aliphatic heterocycles. The molecule has 10 heteroatoms. The Bertz CT molecular complexity index is 1520. The standard InChI is InChI=1S/C24H22BN7O2/c25-20-21(14-6-9-31(10-7-14)24(33)19-5-8-29-34-19)30-23-17(13-28-32(23)22(20)26)16-11-15-3-1-2-4-18(15)27-12-16/h1-5,8,11-14H,6-7,9-10,25-26H2. The molecule has 0 aliphatic carbocycles. The Balaban J connectivity index is 1.34. The topological polar surface area (TPSA) is 115 Å². The summed E-state index contributed by atoms with van der Waals surface area (Å²) in [7, 11) is 1.99. The van der Waals surface area contributed by atoms with Crippen molar-refractivity contribution in [3.63, 3.8) is 0 Å². The average Bonchev–Trinajstić information content (AvgIpc) is 3.56. The lowest BCUT2D eigenvalue weighted by molar-refractivity contribution is 0.0670. The first-order valence-corrected chi connectivity index (χ1v) is 11.3. The molecule has 4 aromatic heterocycles. The van der Waals surface area contributed by atoms with Gasteiger partial charge < -0.3 is 15.2 Å². The highest BCUT2D eigenvalue weighted by atomic mass is 16.5. The molecule has 0 unspecified atom stereocenters. The van der Waals surface area contributed by atoms with E-state index < -0.39 is 0 Å². The van der Waals surface area contributed by atoms with Crippen LogP contribution < -0.4 is 11.2 Å². The van der Waals surface area contributed by atoms with Gasteiger partial charge in [0.25, 0.3) is 5.91 Å². The first-order chi connectivity index (χ1) is 16.6. The summed E-state index contributed by atoms with van der Waals surface area (Å²) < 4.78 is 6.73. The van der Waals surface area contributed by atoms with Gasteiger partial charge in [0, 0.05) is 53.5 Å². The molecule has 0 radical (unpaired) electrons. The summed E-state index contributed by atoms with van der Waals surface area (Å²) in [5.74, 6) is 0.924. The number of likely N-dealkylation sites (tertiary alicyclic amines) is 1. The van der Waals surface area contributed by atoms with Crippen LogP contribution in [0.3, 0.4) is 0 Å². The van der Waals surface area contributed by atoms with Crippen molar-refractivity contribution in [2.75, 3.05) is 18.8 Å². The van der Waals surface area contributed by atoms with E-state index in [0.29, 0.717) is 18.9 Å². The zero-order valence-corrected chi connectivity index (χ0v) is 18.7. The van der Waals surface area contributed by atoms with Crippen LogP contribution in [0.1, 0.15) is 35.0 Å². The lowest BCUT2D eigenvalue weighted by Gasteiger charge is -2.32. The van der Waals surface area contributed by atoms with Crippen LogP contribution in [0.5, 0.6) is 0 Å². The van der Waals surface area contributed by atoms with Gasteiger partial charge in [0.15, 0.2) is 5.65 Å². The van der Waals surface area contributed by atoms with Crippen LogP contribution in [0, 0.1) is 0 Å². The van der Waals surface area contributed by atoms with E-state index in [0.717, 1.165) is 51.7 Å². The first kappa shape index (κ1) is 20.4. The maximum Gasteiger partial charge on any atom is 0.292 e. The summed E-state index contributed by atoms with van der Waals surface area (Å²) in [5.41, 5.74) is 11.9. The second-order valence-corrected chi connectivity index (χ2v) is 8.66. The molecule has 1 aliphatic rings. The lowest BCUT2D eigenvalue weighted by atomic mass is 9.83. The number of nitrogens with zero attached hydrogens (tertiary/aromatic N) is 6. The van der Waals surface area contributed by atoms with E-state index in [9.17, 15) is 4.79 Å². The molecular formula is C24H22BN7O2. The fourth-order valence-corrected chi connectivity index (χ4v) is 4.77. The molecule has 1 amide bonds. The molecule has 1 aromatic carbocycles. The lowest BCUT2D eigenvalue weighted by Crippen LogP contribution is -2.39. The van der Waals surface area contributed by atoms with Crippen LogP contribution in [0.2, 0.25) is 0 Å². The summed E-state index contributed by atoms with van der Waals surface area (Å²) >= 11 is 0. The predicted octanol–water partition coefficient (Wildman–Crippen LogP) is 1.79. The summed E-state index contributed by atoms with van der Waals surface area (Å²) in [4.78, 5) is 24.1. The number of carbonyl (C=O) groups excluding carboxylic acids is 1. The van der Waals surface area contributed by atoms with Crippen molar-refractivity contribution in [3.05, 3.63) is 66.4 Å². The number of carbonyl (C=O) groups is 1. The molecule has 1 saturated heterocycles. The Hall–Kier alpha value is -4.21. The summed E-state index contributed by atoms with van der Waals surface area (Å²) in [5, 5.41) is 9.21. The molecule has 168 valence electrons. The Morgan fingerprint density at radius 3 is 2.76 bits per heavy atom. The number of nitrogens with two attached hydrogens (primary N) is 1. The Morgan fingerprint density at radius 1 is 1.15 bits per heavy atom. The third-order valence-corrected chi connectivity index (χ3v) is 6.69. The number of fused-ring (bicyclic) bond motifs is 2. The second kappa shape index (κ2) is 7.98. The quantitative estimate of drug-likeness (QED) is 0.416. The van der Waals surface area contributed by atoms with Crippen molar-refractivity contribution in [2.45, 2.75) is 18.8 Å². The average molecular weight is 451 g/mol. The highest BCUT2D eigenvalue weighted by molar-refractivity contribution is 6.36. The number of nitrogen functional groups attached to an aromatic ring is 1. The first-order valence-electron chi connectivity index (χ1n) is 11.3. The summed E-state index contributed by atoms with van der Waals surface area (Å²) in [6, 6.07) is 11.7. The van der Waals surface area contributed by atoms with Gasteiger partial charge in [0.1, 0.15) is 13.7 Å². The van der Waals surface area contributed by atoms with Gasteiger partial charge in [0.2, 0.25) is 5.76 Å². The molecule has 5 aromatic rings. The van der Waals surface area contributed by atoms with E-state index in [4.69, 9.17) is 15.2 Å². The fraction of sp³-hybridized carbons (Fsp3) is 0.208. The molecular weight excluding hydrogens is 429 g/mol. The van der Waals surface area contributed by atoms with E-state index in [-0.39, 0.29) is 17.6 Å². The van der Waals surface area contributed by atoms with Crippen LogP contribution in [-0.2, 0) is 0 Å². The number of pyridine rings is 1. The van der Waals surface area contributed by atoms with Gasteiger partial charge in [-0.15, -0.1) is 0 Å². The van der Waals surface area contributed by atoms with Crippen LogP contribution in [-0.4, -0.2) is 56.5 Å². The van der Waals surface area contributed by atoms with Crippen LogP contribution in [0.4, 0.5) is 5.82 Å². The smallest absolute Gasteiger partial charge is 0.292 e. The van der Waals surface area contributed by atoms with Gasteiger partial charge in [0.05, 0.1) is 17.9 Å². The Labute approximate surface area is 196 Å². The van der Waals surface area contributed by atoms with E-state index in [1.807, 2.05) is 38.3 Å². The molecule has 0 bridgehead atoms. The third-order valence-electron chi connectivity index (χ3n) is 6.69. The van der Waals surface area contributed by atoms with Gasteiger partial charge >= 0.3 is 0 Å². The molecule has 1 fully saturated rings. The van der Waals surface area contributed by atoms with Crippen molar-refractivity contribution >= 4 is 41.6 Å². The van der Waals surface area contributed by atoms with Crippen molar-refractivity contribution in [2.24, 2.45) is 0 Å². The minimum atomic E-state index is -0.127. The minimum absolute atomic E-state index is 0.127. The van der Waals surface area contributed by atoms with E-state index >= 15 is 0 Å². The number of anilines is 1. The van der Waals surface area contributed by atoms with Gasteiger partial charge in [-0.25, -0.2) is 4.98 Å². The van der Waals surface area contributed by atoms with E-state index in [1.165, 1.54) is 6.20 Å². The predicted molar refractivity (Wildman–Crippen MR) is 131 cm³/mol. The zero-order valence-electron chi connectivity index (χ0n) is 18.7. The zero-order chi connectivity index (χ0) is 23.2. The molecule has 34 heavy (non-hydrogen) atoms. The second-order valence-electron chi connectivity index (χ2n) is 8.66. The normalized spacial score (nSPS) is 14.8. The molecule has 0 saturated carbocycles. The number of benzene rings is 1. The fourth-order valence-electron chi connectivity index (χ4n) is 4.77. The van der Waals surface area contributed by atoms with E-state index in [1.54, 1.807) is 21.7 Å². The number of para-hydroxylation sites is 1. The molecule has 2 N–H and O–H groups in total. The van der Waals surface area contributed by atoms with Crippen LogP contribution in [0.15, 0.2) is 59.5 Å². The number of piperidine rings is 1. The van der Waals surface area contributed by atoms with Gasteiger partial charge in [-0.05, 0) is 30.4 Å². The van der Waals surface area contributed by atoms with Crippen molar-refractivity contribution in [1.29, 1.82) is 0 Å². The number of hydrogen-bond acceptors (Lipinski definition) is 7. The maximum absolute atomic E-state index is 12.6. The highest BCUT2D eigenvalue weighted by Gasteiger charge is 2.29. The van der Waals surface area contributed by atoms with Crippen molar-refractivity contribution in [1.82, 2.24) is 29.6 Å². The molecule has 9 nitrogen and oxygen atoms in total. The molecule has 5 heterocycles. The summed E-state index contributed by atoms with van der Waals surface area (Å²) in [6.07, 6.45) is 6.73. The number of aromatic nitrogens is 5. The van der Waals surface area contributed by atoms with Gasteiger partial charge in [-0.2, -0.15) is 9.61 Å².